The first kappa shape index (κ1) is 18.3. The first-order valence-electron chi connectivity index (χ1n) is 8.22. The summed E-state index contributed by atoms with van der Waals surface area (Å²) in [4.78, 5) is 14.7. The molecule has 0 spiro atoms. The van der Waals surface area contributed by atoms with E-state index in [1.54, 1.807) is 38.0 Å². The minimum absolute atomic E-state index is 0.120. The number of benzene rings is 2. The maximum Gasteiger partial charge on any atom is 0.323 e. The lowest BCUT2D eigenvalue weighted by molar-refractivity contribution is 0.213. The maximum absolute atomic E-state index is 12.9. The third kappa shape index (κ3) is 3.67. The lowest BCUT2D eigenvalue weighted by Gasteiger charge is -2.26. The van der Waals surface area contributed by atoms with Crippen molar-refractivity contribution in [3.05, 3.63) is 48.0 Å². The highest BCUT2D eigenvalue weighted by molar-refractivity contribution is 7.99. The van der Waals surface area contributed by atoms with Crippen molar-refractivity contribution in [1.29, 1.82) is 0 Å². The van der Waals surface area contributed by atoms with E-state index in [1.165, 1.54) is 0 Å². The highest BCUT2D eigenvalue weighted by Crippen LogP contribution is 2.43. The third-order valence-corrected chi connectivity index (χ3v) is 5.45. The van der Waals surface area contributed by atoms with Crippen LogP contribution in [0.2, 0.25) is 0 Å². The molecule has 0 bridgehead atoms. The van der Waals surface area contributed by atoms with Gasteiger partial charge in [-0.05, 0) is 24.3 Å². The highest BCUT2D eigenvalue weighted by atomic mass is 32.2. The first-order chi connectivity index (χ1) is 12.7. The number of nitrogens with zero attached hydrogens (tertiary/aromatic N) is 1. The molecule has 6 nitrogen and oxygen atoms in total. The molecule has 2 aromatic carbocycles. The van der Waals surface area contributed by atoms with Crippen LogP contribution in [0.3, 0.4) is 0 Å². The molecule has 2 aromatic rings. The summed E-state index contributed by atoms with van der Waals surface area (Å²) in [5.74, 6) is 2.92. The fourth-order valence-corrected chi connectivity index (χ4v) is 4.17. The maximum atomic E-state index is 12.9. The van der Waals surface area contributed by atoms with E-state index in [0.29, 0.717) is 23.7 Å². The quantitative estimate of drug-likeness (QED) is 0.857. The number of para-hydroxylation sites is 2. The molecule has 0 unspecified atom stereocenters. The zero-order chi connectivity index (χ0) is 18.5. The minimum atomic E-state index is -0.164. The molecule has 0 saturated carbocycles. The van der Waals surface area contributed by atoms with Crippen molar-refractivity contribution in [3.63, 3.8) is 0 Å². The molecule has 1 saturated heterocycles. The van der Waals surface area contributed by atoms with Gasteiger partial charge in [-0.3, -0.25) is 0 Å². The topological polar surface area (TPSA) is 60.0 Å². The fraction of sp³-hybridized carbons (Fsp3) is 0.316. The van der Waals surface area contributed by atoms with Crippen LogP contribution in [0.15, 0.2) is 42.5 Å². The molecule has 26 heavy (non-hydrogen) atoms. The van der Waals surface area contributed by atoms with Gasteiger partial charge in [0.2, 0.25) is 0 Å². The van der Waals surface area contributed by atoms with Gasteiger partial charge < -0.3 is 24.4 Å². The molecule has 7 heteroatoms. The molecule has 1 aliphatic rings. The molecule has 1 atom stereocenters. The van der Waals surface area contributed by atoms with E-state index >= 15 is 0 Å². The number of amides is 2. The van der Waals surface area contributed by atoms with Gasteiger partial charge in [-0.2, -0.15) is 0 Å². The summed E-state index contributed by atoms with van der Waals surface area (Å²) in [6.45, 7) is 0.658. The van der Waals surface area contributed by atoms with Gasteiger partial charge in [0.15, 0.2) is 0 Å². The van der Waals surface area contributed by atoms with Crippen LogP contribution in [0.1, 0.15) is 10.9 Å². The monoisotopic (exact) mass is 374 g/mol. The number of methoxy groups -OCH3 is 3. The summed E-state index contributed by atoms with van der Waals surface area (Å²) in [6.07, 6.45) is 0. The van der Waals surface area contributed by atoms with Gasteiger partial charge in [-0.1, -0.05) is 12.1 Å². The zero-order valence-electron chi connectivity index (χ0n) is 15.0. The second-order valence-electron chi connectivity index (χ2n) is 5.65. The van der Waals surface area contributed by atoms with E-state index in [0.717, 1.165) is 17.1 Å². The van der Waals surface area contributed by atoms with Crippen molar-refractivity contribution in [3.8, 4) is 17.2 Å². The molecule has 2 amide bonds. The standard InChI is InChI=1S/C19H22N2O4S/c1-23-13-8-9-14(17(12-13)25-3)18-21(10-11-26-18)19(22)20-15-6-4-5-7-16(15)24-2/h4-9,12,18H,10-11H2,1-3H3,(H,20,22)/t18-/m1/s1. The van der Waals surface area contributed by atoms with Gasteiger partial charge in [-0.25, -0.2) is 4.79 Å². The summed E-state index contributed by atoms with van der Waals surface area (Å²) in [5.41, 5.74) is 1.60. The van der Waals surface area contributed by atoms with E-state index in [4.69, 9.17) is 14.2 Å². The van der Waals surface area contributed by atoms with Gasteiger partial charge in [0.25, 0.3) is 0 Å². The van der Waals surface area contributed by atoms with E-state index in [2.05, 4.69) is 5.32 Å². The van der Waals surface area contributed by atoms with Crippen LogP contribution in [0, 0.1) is 0 Å². The molecule has 1 aliphatic heterocycles. The Balaban J connectivity index is 1.83. The van der Waals surface area contributed by atoms with Crippen molar-refractivity contribution in [2.45, 2.75) is 5.37 Å². The smallest absolute Gasteiger partial charge is 0.323 e. The van der Waals surface area contributed by atoms with Crippen molar-refractivity contribution in [2.24, 2.45) is 0 Å². The highest BCUT2D eigenvalue weighted by Gasteiger charge is 2.33. The number of hydrogen-bond donors (Lipinski definition) is 1. The molecule has 0 aliphatic carbocycles. The number of nitrogens with one attached hydrogen (secondary N) is 1. The van der Waals surface area contributed by atoms with Crippen LogP contribution in [0.5, 0.6) is 17.2 Å². The number of ether oxygens (including phenoxy) is 3. The second kappa shape index (κ2) is 8.23. The lowest BCUT2D eigenvalue weighted by Crippen LogP contribution is -2.34. The van der Waals surface area contributed by atoms with Crippen LogP contribution >= 0.6 is 11.8 Å². The molecule has 1 fully saturated rings. The van der Waals surface area contributed by atoms with Crippen LogP contribution in [-0.4, -0.2) is 44.6 Å². The second-order valence-corrected chi connectivity index (χ2v) is 6.84. The van der Waals surface area contributed by atoms with Gasteiger partial charge in [0, 0.05) is 23.9 Å². The molecule has 0 radical (unpaired) electrons. The number of thioether (sulfide) groups is 1. The van der Waals surface area contributed by atoms with Crippen molar-refractivity contribution < 1.29 is 19.0 Å². The Morgan fingerprint density at radius 2 is 1.85 bits per heavy atom. The lowest BCUT2D eigenvalue weighted by atomic mass is 10.1. The van der Waals surface area contributed by atoms with Gasteiger partial charge >= 0.3 is 6.03 Å². The van der Waals surface area contributed by atoms with Gasteiger partial charge in [-0.15, -0.1) is 11.8 Å². The van der Waals surface area contributed by atoms with E-state index < -0.39 is 0 Å². The summed E-state index contributed by atoms with van der Waals surface area (Å²) in [5, 5.41) is 2.83. The van der Waals surface area contributed by atoms with Crippen molar-refractivity contribution >= 4 is 23.5 Å². The zero-order valence-corrected chi connectivity index (χ0v) is 15.8. The Kier molecular flexibility index (Phi) is 5.78. The summed E-state index contributed by atoms with van der Waals surface area (Å²) in [6, 6.07) is 12.9. The Hall–Kier alpha value is -2.54. The third-order valence-electron chi connectivity index (χ3n) is 4.21. The first-order valence-corrected chi connectivity index (χ1v) is 9.27. The van der Waals surface area contributed by atoms with Crippen LogP contribution in [-0.2, 0) is 0 Å². The number of carbonyl (C=O) groups excluding carboxylic acids is 1. The van der Waals surface area contributed by atoms with E-state index in [9.17, 15) is 4.79 Å². The fourth-order valence-electron chi connectivity index (χ4n) is 2.89. The number of carbonyl (C=O) groups is 1. The van der Waals surface area contributed by atoms with E-state index in [-0.39, 0.29) is 11.4 Å². The average Bonchev–Trinajstić information content (AvgIpc) is 3.17. The molecular weight excluding hydrogens is 352 g/mol. The average molecular weight is 374 g/mol. The summed E-state index contributed by atoms with van der Waals surface area (Å²) < 4.78 is 16.1. The predicted molar refractivity (Wildman–Crippen MR) is 103 cm³/mol. The van der Waals surface area contributed by atoms with Crippen LogP contribution in [0.4, 0.5) is 10.5 Å². The Bertz CT molecular complexity index is 784. The van der Waals surface area contributed by atoms with Crippen molar-refractivity contribution in [2.75, 3.05) is 38.9 Å². The largest absolute Gasteiger partial charge is 0.497 e. The number of hydrogen-bond acceptors (Lipinski definition) is 5. The Morgan fingerprint density at radius 3 is 2.58 bits per heavy atom. The normalized spacial score (nSPS) is 16.3. The molecule has 1 heterocycles. The Morgan fingerprint density at radius 1 is 1.08 bits per heavy atom. The van der Waals surface area contributed by atoms with Crippen LogP contribution < -0.4 is 19.5 Å². The Labute approximate surface area is 157 Å². The SMILES string of the molecule is COc1ccc([C@H]2SCCN2C(=O)Nc2ccccc2OC)c(OC)c1. The molecule has 138 valence electrons. The molecule has 0 aromatic heterocycles. The number of rotatable bonds is 5. The van der Waals surface area contributed by atoms with Gasteiger partial charge in [0.1, 0.15) is 22.6 Å². The van der Waals surface area contributed by atoms with Gasteiger partial charge in [0.05, 0.1) is 27.0 Å². The van der Waals surface area contributed by atoms with E-state index in [1.807, 2.05) is 42.5 Å². The number of urea groups is 1. The molecular formula is C19H22N2O4S. The molecule has 1 N–H and O–H groups in total. The summed E-state index contributed by atoms with van der Waals surface area (Å²) >= 11 is 1.71. The minimum Gasteiger partial charge on any atom is -0.497 e. The van der Waals surface area contributed by atoms with Crippen molar-refractivity contribution in [1.82, 2.24) is 4.90 Å². The number of anilines is 1. The van der Waals surface area contributed by atoms with Crippen LogP contribution in [0.25, 0.3) is 0 Å². The predicted octanol–water partition coefficient (Wildman–Crippen LogP) is 3.99. The molecule has 3 rings (SSSR count). The summed E-state index contributed by atoms with van der Waals surface area (Å²) in [7, 11) is 4.82.